The maximum atomic E-state index is 12.6. The van der Waals surface area contributed by atoms with Crippen molar-refractivity contribution in [1.29, 1.82) is 0 Å². The summed E-state index contributed by atoms with van der Waals surface area (Å²) in [5.74, 6) is -1.83. The van der Waals surface area contributed by atoms with Crippen LogP contribution in [0.4, 0.5) is 0 Å². The molecular weight excluding hydrogens is 841 g/mol. The molecule has 0 spiro atoms. The second-order valence-electron chi connectivity index (χ2n) is 16.3. The van der Waals surface area contributed by atoms with E-state index in [0.717, 1.165) is 38.5 Å². The molecule has 14 nitrogen and oxygen atoms in total. The molecule has 0 saturated carbocycles. The van der Waals surface area contributed by atoms with Crippen LogP contribution in [0.5, 0.6) is 0 Å². The van der Waals surface area contributed by atoms with Crippen molar-refractivity contribution >= 4 is 32.7 Å². The predicted molar refractivity (Wildman–Crippen MR) is 241 cm³/mol. The number of ether oxygens (including phenoxy) is 2. The standard InChI is InChI=1S/C46H82O14S2/c1-3-5-7-9-11-13-15-17-19-21-23-25-27-29-34-57-61(51,52)59-39-43(47)37-55-45(49)41-32-31-33-42(36-41)46(50)56-38-44(48)40-60-62(53,54)58-35-30-28-26-24-22-20-18-16-14-12-10-8-6-4-2/h31-33,36,43-44,47-48H,3-30,34-35,37-40H2,1-2H3. The van der Waals surface area contributed by atoms with Crippen molar-refractivity contribution in [2.45, 2.75) is 206 Å². The van der Waals surface area contributed by atoms with Gasteiger partial charge >= 0.3 is 32.7 Å². The molecule has 0 radical (unpaired) electrons. The van der Waals surface area contributed by atoms with Crippen molar-refractivity contribution in [2.75, 3.05) is 39.6 Å². The third kappa shape index (κ3) is 34.3. The molecule has 0 saturated heterocycles. The predicted octanol–water partition coefficient (Wildman–Crippen LogP) is 10.2. The minimum absolute atomic E-state index is 0.0343. The molecule has 2 unspecified atom stereocenters. The molecule has 16 heteroatoms. The molecular formula is C46H82O14S2. The number of benzene rings is 1. The second kappa shape index (κ2) is 38.1. The van der Waals surface area contributed by atoms with Crippen LogP contribution in [0.1, 0.15) is 214 Å². The van der Waals surface area contributed by atoms with Gasteiger partial charge in [0.05, 0.1) is 37.6 Å². The lowest BCUT2D eigenvalue weighted by atomic mass is 10.0. The number of aliphatic hydroxyl groups is 2. The van der Waals surface area contributed by atoms with E-state index in [1.807, 2.05) is 0 Å². The van der Waals surface area contributed by atoms with Gasteiger partial charge in [0, 0.05) is 0 Å². The first-order chi connectivity index (χ1) is 29.9. The molecule has 362 valence electrons. The molecule has 0 amide bonds. The van der Waals surface area contributed by atoms with Gasteiger partial charge < -0.3 is 19.7 Å². The quantitative estimate of drug-likeness (QED) is 0.0463. The number of rotatable bonds is 44. The Kier molecular flexibility index (Phi) is 35.6. The van der Waals surface area contributed by atoms with Crippen molar-refractivity contribution in [3.8, 4) is 0 Å². The minimum Gasteiger partial charge on any atom is -0.459 e. The molecule has 0 aliphatic rings. The van der Waals surface area contributed by atoms with Crippen LogP contribution in [0.15, 0.2) is 24.3 Å². The van der Waals surface area contributed by atoms with Crippen LogP contribution in [0.25, 0.3) is 0 Å². The van der Waals surface area contributed by atoms with Crippen LogP contribution in [0.3, 0.4) is 0 Å². The number of esters is 2. The van der Waals surface area contributed by atoms with Crippen LogP contribution in [0, 0.1) is 0 Å². The molecule has 0 aromatic heterocycles. The number of carbonyl (C=O) groups excluding carboxylic acids is 2. The van der Waals surface area contributed by atoms with Gasteiger partial charge in [-0.2, -0.15) is 16.8 Å². The average molecular weight is 923 g/mol. The monoisotopic (exact) mass is 923 g/mol. The highest BCUT2D eigenvalue weighted by Crippen LogP contribution is 2.16. The largest absolute Gasteiger partial charge is 0.459 e. The van der Waals surface area contributed by atoms with E-state index < -0.39 is 71.4 Å². The van der Waals surface area contributed by atoms with E-state index >= 15 is 0 Å². The van der Waals surface area contributed by atoms with Gasteiger partial charge in [0.25, 0.3) is 0 Å². The van der Waals surface area contributed by atoms with Gasteiger partial charge in [0.15, 0.2) is 0 Å². The molecule has 0 aliphatic heterocycles. The second-order valence-corrected chi connectivity index (χ2v) is 18.9. The third-order valence-corrected chi connectivity index (χ3v) is 12.2. The molecule has 0 heterocycles. The Morgan fingerprint density at radius 3 is 1.00 bits per heavy atom. The van der Waals surface area contributed by atoms with E-state index in [4.69, 9.17) is 26.2 Å². The van der Waals surface area contributed by atoms with Crippen molar-refractivity contribution < 1.29 is 62.8 Å². The molecule has 0 fully saturated rings. The highest BCUT2D eigenvalue weighted by molar-refractivity contribution is 7.82. The van der Waals surface area contributed by atoms with Crippen LogP contribution in [-0.4, -0.2) is 90.8 Å². The highest BCUT2D eigenvalue weighted by atomic mass is 32.3. The Bertz CT molecular complexity index is 1370. The molecule has 2 atom stereocenters. The summed E-state index contributed by atoms with van der Waals surface area (Å²) < 4.78 is 77.5. The number of hydrogen-bond acceptors (Lipinski definition) is 14. The fourth-order valence-corrected chi connectivity index (χ4v) is 8.11. The first-order valence-corrected chi connectivity index (χ1v) is 26.4. The number of aliphatic hydroxyl groups excluding tert-OH is 2. The molecule has 1 aromatic rings. The summed E-state index contributed by atoms with van der Waals surface area (Å²) in [5, 5.41) is 20.3. The van der Waals surface area contributed by atoms with E-state index in [9.17, 15) is 36.6 Å². The van der Waals surface area contributed by atoms with E-state index in [1.54, 1.807) is 0 Å². The van der Waals surface area contributed by atoms with Crippen molar-refractivity contribution in [3.63, 3.8) is 0 Å². The average Bonchev–Trinajstić information content (AvgIpc) is 3.26. The van der Waals surface area contributed by atoms with Crippen LogP contribution in [0.2, 0.25) is 0 Å². The van der Waals surface area contributed by atoms with Gasteiger partial charge in [-0.1, -0.05) is 187 Å². The van der Waals surface area contributed by atoms with Crippen LogP contribution in [-0.2, 0) is 47.0 Å². The summed E-state index contributed by atoms with van der Waals surface area (Å²) in [6.45, 7) is 1.81. The van der Waals surface area contributed by atoms with E-state index in [2.05, 4.69) is 13.8 Å². The third-order valence-electron chi connectivity index (χ3n) is 10.4. The molecule has 0 bridgehead atoms. The zero-order valence-corrected chi connectivity index (χ0v) is 39.7. The molecule has 1 rings (SSSR count). The van der Waals surface area contributed by atoms with Gasteiger partial charge in [-0.25, -0.2) is 26.3 Å². The number of hydrogen-bond donors (Lipinski definition) is 2. The van der Waals surface area contributed by atoms with Gasteiger partial charge in [0.1, 0.15) is 25.4 Å². The van der Waals surface area contributed by atoms with E-state index in [1.165, 1.54) is 153 Å². The van der Waals surface area contributed by atoms with Crippen molar-refractivity contribution in [1.82, 2.24) is 0 Å². The first-order valence-electron chi connectivity index (χ1n) is 23.8. The molecule has 0 aliphatic carbocycles. The Labute approximate surface area is 375 Å². The van der Waals surface area contributed by atoms with Gasteiger partial charge in [-0.15, -0.1) is 0 Å². The Balaban J connectivity index is 2.17. The lowest BCUT2D eigenvalue weighted by Crippen LogP contribution is -2.26. The number of unbranched alkanes of at least 4 members (excludes halogenated alkanes) is 26. The van der Waals surface area contributed by atoms with Gasteiger partial charge in [-0.3, -0.25) is 0 Å². The summed E-state index contributed by atoms with van der Waals surface area (Å²) in [7, 11) is -8.70. The van der Waals surface area contributed by atoms with Crippen molar-refractivity contribution in [3.05, 3.63) is 35.4 Å². The maximum absolute atomic E-state index is 12.6. The van der Waals surface area contributed by atoms with E-state index in [0.29, 0.717) is 12.8 Å². The summed E-state index contributed by atoms with van der Waals surface area (Å²) >= 11 is 0. The molecule has 2 N–H and O–H groups in total. The normalized spacial score (nSPS) is 13.0. The lowest BCUT2D eigenvalue weighted by molar-refractivity contribution is 0.0114. The number of carbonyl (C=O) groups is 2. The summed E-state index contributed by atoms with van der Waals surface area (Å²) in [5.41, 5.74) is -0.134. The minimum atomic E-state index is -4.35. The van der Waals surface area contributed by atoms with Gasteiger partial charge in [-0.05, 0) is 31.0 Å². The van der Waals surface area contributed by atoms with Crippen molar-refractivity contribution in [2.24, 2.45) is 0 Å². The van der Waals surface area contributed by atoms with E-state index in [-0.39, 0.29) is 24.3 Å². The Hall–Kier alpha value is -2.18. The van der Waals surface area contributed by atoms with Crippen LogP contribution < -0.4 is 0 Å². The van der Waals surface area contributed by atoms with Crippen LogP contribution >= 0.6 is 0 Å². The van der Waals surface area contributed by atoms with Gasteiger partial charge in [0.2, 0.25) is 0 Å². The summed E-state index contributed by atoms with van der Waals surface area (Å²) in [4.78, 5) is 25.1. The zero-order valence-electron chi connectivity index (χ0n) is 38.1. The maximum Gasteiger partial charge on any atom is 0.399 e. The smallest absolute Gasteiger partial charge is 0.399 e. The summed E-state index contributed by atoms with van der Waals surface area (Å²) in [6.07, 6.45) is 29.8. The fraction of sp³-hybridized carbons (Fsp3) is 0.826. The summed E-state index contributed by atoms with van der Waals surface area (Å²) in [6, 6.07) is 5.26. The molecule has 62 heavy (non-hydrogen) atoms. The Morgan fingerprint density at radius 1 is 0.435 bits per heavy atom. The highest BCUT2D eigenvalue weighted by Gasteiger charge is 2.20. The Morgan fingerprint density at radius 2 is 0.710 bits per heavy atom. The fourth-order valence-electron chi connectivity index (χ4n) is 6.69. The zero-order chi connectivity index (χ0) is 45.6. The molecule has 1 aromatic carbocycles. The lowest BCUT2D eigenvalue weighted by Gasteiger charge is -2.13. The first kappa shape index (κ1) is 57.8. The topological polar surface area (TPSA) is 198 Å². The SMILES string of the molecule is CCCCCCCCCCCCCCCCOS(=O)(=O)OCC(O)COC(=O)c1cccc(C(=O)OCC(O)COS(=O)(=O)OCCCCCCCCCCCCCCCC)c1.